The molecule has 2 aliphatic heterocycles. The van der Waals surface area contributed by atoms with Gasteiger partial charge in [0, 0.05) is 37.8 Å². The fraction of sp³-hybridized carbons (Fsp3) is 0.650. The van der Waals surface area contributed by atoms with Gasteiger partial charge in [-0.3, -0.25) is 5.32 Å². The van der Waals surface area contributed by atoms with E-state index in [9.17, 15) is 15.0 Å². The summed E-state index contributed by atoms with van der Waals surface area (Å²) in [6.07, 6.45) is -0.216. The maximum Gasteiger partial charge on any atom is 0.410 e. The van der Waals surface area contributed by atoms with Gasteiger partial charge in [0.25, 0.3) is 0 Å². The van der Waals surface area contributed by atoms with Crippen LogP contribution in [0.15, 0.2) is 24.3 Å². The highest BCUT2D eigenvalue weighted by Crippen LogP contribution is 2.30. The highest BCUT2D eigenvalue weighted by molar-refractivity contribution is 5.68. The number of amides is 1. The number of benzene rings is 1. The maximum absolute atomic E-state index is 12.2. The lowest BCUT2D eigenvalue weighted by Gasteiger charge is -2.37. The number of anilines is 1. The zero-order valence-electron chi connectivity index (χ0n) is 16.4. The number of carbonyl (C=O) groups is 1. The first-order chi connectivity index (χ1) is 12.7. The Labute approximate surface area is 160 Å². The Morgan fingerprint density at radius 1 is 1.07 bits per heavy atom. The van der Waals surface area contributed by atoms with Gasteiger partial charge in [0.05, 0.1) is 0 Å². The fourth-order valence-electron chi connectivity index (χ4n) is 3.65. The zero-order valence-corrected chi connectivity index (χ0v) is 16.4. The van der Waals surface area contributed by atoms with Gasteiger partial charge in [-0.05, 0) is 51.3 Å². The lowest BCUT2D eigenvalue weighted by atomic mass is 9.89. The predicted octanol–water partition coefficient (Wildman–Crippen LogP) is 1.85. The summed E-state index contributed by atoms with van der Waals surface area (Å²) in [5.74, 6) is -0.00790. The number of ether oxygens (including phenoxy) is 1. The van der Waals surface area contributed by atoms with Gasteiger partial charge in [-0.25, -0.2) is 4.79 Å². The molecule has 27 heavy (non-hydrogen) atoms. The van der Waals surface area contributed by atoms with Gasteiger partial charge < -0.3 is 24.7 Å². The van der Waals surface area contributed by atoms with Crippen molar-refractivity contribution in [2.45, 2.75) is 57.6 Å². The molecule has 7 heteroatoms. The quantitative estimate of drug-likeness (QED) is 0.729. The largest absolute Gasteiger partial charge is 0.444 e. The molecule has 7 nitrogen and oxygen atoms in total. The maximum atomic E-state index is 12.2. The fourth-order valence-corrected chi connectivity index (χ4v) is 3.65. The number of piperidine rings is 1. The Hall–Kier alpha value is -1.83. The average molecular weight is 377 g/mol. The van der Waals surface area contributed by atoms with Crippen molar-refractivity contribution in [1.29, 1.82) is 0 Å². The first kappa shape index (κ1) is 19.9. The van der Waals surface area contributed by atoms with Crippen molar-refractivity contribution in [2.24, 2.45) is 0 Å². The van der Waals surface area contributed by atoms with Gasteiger partial charge in [-0.2, -0.15) is 0 Å². The zero-order chi connectivity index (χ0) is 19.6. The van der Waals surface area contributed by atoms with Gasteiger partial charge in [0.1, 0.15) is 18.1 Å². The van der Waals surface area contributed by atoms with Crippen molar-refractivity contribution in [3.05, 3.63) is 29.8 Å². The SMILES string of the molecule is CC(C)(C)OC(=O)N1CCN(c2ccc(C3CCC(O)NC3O)cc2)CC1. The standard InChI is InChI=1S/C20H31N3O4/c1-20(2,3)27-19(26)23-12-10-22(11-13-23)15-6-4-14(5-7-15)16-8-9-17(24)21-18(16)25/h4-7,16-18,21,24-25H,8-13H2,1-3H3. The molecule has 150 valence electrons. The molecule has 2 saturated heterocycles. The van der Waals surface area contributed by atoms with E-state index >= 15 is 0 Å². The van der Waals surface area contributed by atoms with E-state index in [-0.39, 0.29) is 12.0 Å². The van der Waals surface area contributed by atoms with Crippen LogP contribution in [0.3, 0.4) is 0 Å². The van der Waals surface area contributed by atoms with E-state index in [1.165, 1.54) is 0 Å². The van der Waals surface area contributed by atoms with Crippen LogP contribution >= 0.6 is 0 Å². The predicted molar refractivity (Wildman–Crippen MR) is 104 cm³/mol. The number of aliphatic hydroxyl groups is 2. The molecule has 2 heterocycles. The van der Waals surface area contributed by atoms with Gasteiger partial charge in [0.15, 0.2) is 0 Å². The van der Waals surface area contributed by atoms with Crippen LogP contribution in [0, 0.1) is 0 Å². The third-order valence-corrected chi connectivity index (χ3v) is 5.11. The summed E-state index contributed by atoms with van der Waals surface area (Å²) in [7, 11) is 0. The van der Waals surface area contributed by atoms with Crippen molar-refractivity contribution in [3.63, 3.8) is 0 Å². The van der Waals surface area contributed by atoms with Crippen LogP contribution in [0.4, 0.5) is 10.5 Å². The molecule has 3 unspecified atom stereocenters. The second-order valence-electron chi connectivity index (χ2n) is 8.36. The van der Waals surface area contributed by atoms with Crippen molar-refractivity contribution in [1.82, 2.24) is 10.2 Å². The number of nitrogens with zero attached hydrogens (tertiary/aromatic N) is 2. The highest BCUT2D eigenvalue weighted by Gasteiger charge is 2.29. The van der Waals surface area contributed by atoms with Gasteiger partial charge in [0.2, 0.25) is 0 Å². The lowest BCUT2D eigenvalue weighted by molar-refractivity contribution is -0.0100. The molecule has 1 aromatic carbocycles. The summed E-state index contributed by atoms with van der Waals surface area (Å²) < 4.78 is 5.44. The molecule has 0 saturated carbocycles. The van der Waals surface area contributed by atoms with Crippen LogP contribution in [0.1, 0.15) is 45.1 Å². The number of aliphatic hydroxyl groups excluding tert-OH is 2. The van der Waals surface area contributed by atoms with Gasteiger partial charge >= 0.3 is 6.09 Å². The van der Waals surface area contributed by atoms with Crippen LogP contribution in [-0.2, 0) is 4.74 Å². The molecule has 0 aliphatic carbocycles. The Bertz CT molecular complexity index is 636. The highest BCUT2D eigenvalue weighted by atomic mass is 16.6. The Morgan fingerprint density at radius 2 is 1.70 bits per heavy atom. The average Bonchev–Trinajstić information content (AvgIpc) is 2.61. The second-order valence-corrected chi connectivity index (χ2v) is 8.36. The molecular weight excluding hydrogens is 346 g/mol. The first-order valence-electron chi connectivity index (χ1n) is 9.68. The Balaban J connectivity index is 1.55. The summed E-state index contributed by atoms with van der Waals surface area (Å²) in [4.78, 5) is 16.2. The first-order valence-corrected chi connectivity index (χ1v) is 9.68. The second kappa shape index (κ2) is 8.04. The molecule has 2 fully saturated rings. The van der Waals surface area contributed by atoms with Crippen LogP contribution in [0.2, 0.25) is 0 Å². The lowest BCUT2D eigenvalue weighted by Crippen LogP contribution is -2.50. The summed E-state index contributed by atoms with van der Waals surface area (Å²) in [5.41, 5.74) is 1.71. The van der Waals surface area contributed by atoms with E-state index in [0.717, 1.165) is 30.8 Å². The van der Waals surface area contributed by atoms with E-state index < -0.39 is 18.1 Å². The number of nitrogens with one attached hydrogen (secondary N) is 1. The van der Waals surface area contributed by atoms with Crippen LogP contribution in [0.25, 0.3) is 0 Å². The van der Waals surface area contributed by atoms with Crippen molar-refractivity contribution in [2.75, 3.05) is 31.1 Å². The minimum absolute atomic E-state index is 0.00790. The molecule has 0 bridgehead atoms. The summed E-state index contributed by atoms with van der Waals surface area (Å²) in [5, 5.41) is 22.5. The van der Waals surface area contributed by atoms with E-state index in [4.69, 9.17) is 4.74 Å². The molecular formula is C20H31N3O4. The Morgan fingerprint density at radius 3 is 2.26 bits per heavy atom. The minimum Gasteiger partial charge on any atom is -0.444 e. The molecule has 3 N–H and O–H groups in total. The van der Waals surface area contributed by atoms with E-state index in [1.54, 1.807) is 4.90 Å². The summed E-state index contributed by atoms with van der Waals surface area (Å²) in [6.45, 7) is 8.43. The molecule has 2 aliphatic rings. The molecule has 0 aromatic heterocycles. The van der Waals surface area contributed by atoms with E-state index in [1.807, 2.05) is 32.9 Å². The molecule has 0 spiro atoms. The normalized spacial score (nSPS) is 26.8. The third-order valence-electron chi connectivity index (χ3n) is 5.11. The number of carbonyl (C=O) groups excluding carboxylic acids is 1. The van der Waals surface area contributed by atoms with Crippen molar-refractivity contribution < 1.29 is 19.7 Å². The monoisotopic (exact) mass is 377 g/mol. The van der Waals surface area contributed by atoms with Crippen molar-refractivity contribution in [3.8, 4) is 0 Å². The van der Waals surface area contributed by atoms with Crippen LogP contribution in [0.5, 0.6) is 0 Å². The van der Waals surface area contributed by atoms with Gasteiger partial charge in [-0.15, -0.1) is 0 Å². The Kier molecular flexibility index (Phi) is 5.93. The number of hydrogen-bond acceptors (Lipinski definition) is 6. The molecule has 1 amide bonds. The van der Waals surface area contributed by atoms with Crippen LogP contribution in [-0.4, -0.2) is 65.4 Å². The summed E-state index contributed by atoms with van der Waals surface area (Å²) in [6, 6.07) is 8.22. The molecule has 3 atom stereocenters. The van der Waals surface area contributed by atoms with Crippen molar-refractivity contribution >= 4 is 11.8 Å². The third kappa shape index (κ3) is 5.12. The topological polar surface area (TPSA) is 85.3 Å². The van der Waals surface area contributed by atoms with Crippen LogP contribution < -0.4 is 10.2 Å². The molecule has 3 rings (SSSR count). The molecule has 1 aromatic rings. The number of piperazine rings is 1. The smallest absolute Gasteiger partial charge is 0.410 e. The minimum atomic E-state index is -0.725. The number of rotatable bonds is 2. The summed E-state index contributed by atoms with van der Waals surface area (Å²) >= 11 is 0. The van der Waals surface area contributed by atoms with Gasteiger partial charge in [-0.1, -0.05) is 12.1 Å². The van der Waals surface area contributed by atoms with E-state index in [2.05, 4.69) is 22.3 Å². The van der Waals surface area contributed by atoms with E-state index in [0.29, 0.717) is 19.5 Å². The molecule has 0 radical (unpaired) electrons. The number of hydrogen-bond donors (Lipinski definition) is 3.